The summed E-state index contributed by atoms with van der Waals surface area (Å²) in [7, 11) is -2.83. The Morgan fingerprint density at radius 1 is 0.293 bits per heavy atom. The lowest BCUT2D eigenvalue weighted by molar-refractivity contribution is 1.28. The molecule has 274 valence electrons. The predicted octanol–water partition coefficient (Wildman–Crippen LogP) is 12.4. The quantitative estimate of drug-likeness (QED) is 0.142. The summed E-state index contributed by atoms with van der Waals surface area (Å²) < 4.78 is 2.62. The monoisotopic (exact) mass is 774 g/mol. The fraction of sp³-hybridized carbons (Fsp3) is 0. The van der Waals surface area contributed by atoms with Crippen LogP contribution in [0, 0.1) is 0 Å². The number of thiophene rings is 1. The van der Waals surface area contributed by atoms with Crippen molar-refractivity contribution in [2.45, 2.75) is 0 Å². The Morgan fingerprint density at radius 3 is 1.34 bits per heavy atom. The molecule has 0 amide bonds. The minimum atomic E-state index is -2.83. The zero-order valence-corrected chi connectivity index (χ0v) is 33.6. The van der Waals surface area contributed by atoms with Gasteiger partial charge in [0.2, 0.25) is 0 Å². The van der Waals surface area contributed by atoms with E-state index in [2.05, 4.69) is 240 Å². The lowest BCUT2D eigenvalue weighted by Gasteiger charge is -2.33. The first-order chi connectivity index (χ1) is 28.8. The van der Waals surface area contributed by atoms with Gasteiger partial charge in [-0.15, -0.1) is 11.3 Å². The summed E-state index contributed by atoms with van der Waals surface area (Å²) in [5.41, 5.74) is 9.42. The normalized spacial score (nSPS) is 12.6. The van der Waals surface area contributed by atoms with Gasteiger partial charge in [0.1, 0.15) is 0 Å². The molecule has 58 heavy (non-hydrogen) atoms. The van der Waals surface area contributed by atoms with Gasteiger partial charge in [0.05, 0.1) is 0 Å². The Bertz CT molecular complexity index is 2980. The second-order valence-electron chi connectivity index (χ2n) is 14.9. The molecule has 0 N–H and O–H groups in total. The van der Waals surface area contributed by atoms with E-state index in [0.717, 1.165) is 34.1 Å². The molecule has 2 heterocycles. The second kappa shape index (κ2) is 14.2. The van der Waals surface area contributed by atoms with E-state index in [4.69, 9.17) is 0 Å². The standard InChI is InChI=1S/C54H38N2SSi/c1-6-18-39(19-7-1)55(40-20-8-2-9-21-40)43-32-35-53-50(37-43)48-33-30-44(38-54(48)58(53,45-24-12-4-13-25-45)46-26-14-5-15-27-46)56(41-22-10-3-11-23-41)42-31-34-52-49(36-42)47-28-16-17-29-51(47)57-52/h1-38H. The molecule has 9 aromatic carbocycles. The first-order valence-corrected chi connectivity index (χ1v) is 22.7. The third-order valence-corrected chi connectivity index (χ3v) is 17.7. The van der Waals surface area contributed by atoms with Crippen molar-refractivity contribution in [1.29, 1.82) is 0 Å². The smallest absolute Gasteiger partial charge is 0.180 e. The highest BCUT2D eigenvalue weighted by molar-refractivity contribution is 7.25. The number of rotatable bonds is 8. The van der Waals surface area contributed by atoms with Crippen LogP contribution in [0.5, 0.6) is 0 Å². The van der Waals surface area contributed by atoms with Crippen molar-refractivity contribution < 1.29 is 0 Å². The maximum atomic E-state index is 2.52. The summed E-state index contributed by atoms with van der Waals surface area (Å²) in [5.74, 6) is 0. The van der Waals surface area contributed by atoms with Crippen LogP contribution >= 0.6 is 11.3 Å². The molecule has 0 aliphatic carbocycles. The second-order valence-corrected chi connectivity index (χ2v) is 19.7. The van der Waals surface area contributed by atoms with Crippen LogP contribution in [0.15, 0.2) is 231 Å². The third-order valence-electron chi connectivity index (χ3n) is 11.7. The Hall–Kier alpha value is -6.98. The van der Waals surface area contributed by atoms with E-state index in [1.165, 1.54) is 52.0 Å². The number of anilines is 6. The first kappa shape index (κ1) is 34.3. The molecule has 0 saturated carbocycles. The van der Waals surface area contributed by atoms with E-state index in [-0.39, 0.29) is 0 Å². The Morgan fingerprint density at radius 2 is 0.741 bits per heavy atom. The van der Waals surface area contributed by atoms with E-state index < -0.39 is 8.07 Å². The lowest BCUT2D eigenvalue weighted by Crippen LogP contribution is -2.72. The van der Waals surface area contributed by atoms with Crippen LogP contribution in [0.25, 0.3) is 31.3 Å². The number of hydrogen-bond acceptors (Lipinski definition) is 3. The van der Waals surface area contributed by atoms with Crippen LogP contribution in [0.2, 0.25) is 0 Å². The molecule has 0 fully saturated rings. The largest absolute Gasteiger partial charge is 0.310 e. The van der Waals surface area contributed by atoms with Gasteiger partial charge in [0, 0.05) is 54.3 Å². The average Bonchev–Trinajstić information content (AvgIpc) is 3.81. The third kappa shape index (κ3) is 5.53. The maximum Gasteiger partial charge on any atom is 0.180 e. The van der Waals surface area contributed by atoms with Crippen LogP contribution in [-0.2, 0) is 0 Å². The van der Waals surface area contributed by atoms with Crippen LogP contribution in [0.4, 0.5) is 34.1 Å². The van der Waals surface area contributed by atoms with E-state index in [1.54, 1.807) is 0 Å². The summed E-state index contributed by atoms with van der Waals surface area (Å²) in [6, 6.07) is 85.1. The van der Waals surface area contributed by atoms with Crippen LogP contribution in [0.3, 0.4) is 0 Å². The van der Waals surface area contributed by atoms with E-state index in [0.29, 0.717) is 0 Å². The number of fused-ring (bicyclic) bond motifs is 6. The molecule has 0 saturated heterocycles. The van der Waals surface area contributed by atoms with Gasteiger partial charge in [-0.05, 0) is 117 Å². The fourth-order valence-corrected chi connectivity index (χ4v) is 15.5. The number of nitrogens with zero attached hydrogens (tertiary/aromatic N) is 2. The molecule has 0 unspecified atom stereocenters. The zero-order valence-electron chi connectivity index (χ0n) is 31.7. The molecule has 2 nitrogen and oxygen atoms in total. The first-order valence-electron chi connectivity index (χ1n) is 19.8. The minimum Gasteiger partial charge on any atom is -0.310 e. The molecule has 11 rings (SSSR count). The van der Waals surface area contributed by atoms with Crippen molar-refractivity contribution in [2.24, 2.45) is 0 Å². The molecule has 0 radical (unpaired) electrons. The molecule has 0 bridgehead atoms. The summed E-state index contributed by atoms with van der Waals surface area (Å²) in [4.78, 5) is 4.82. The summed E-state index contributed by atoms with van der Waals surface area (Å²) in [5, 5.41) is 8.18. The van der Waals surface area contributed by atoms with Crippen molar-refractivity contribution in [1.82, 2.24) is 0 Å². The van der Waals surface area contributed by atoms with Gasteiger partial charge in [0.15, 0.2) is 8.07 Å². The summed E-state index contributed by atoms with van der Waals surface area (Å²) in [6.45, 7) is 0. The zero-order chi connectivity index (χ0) is 38.5. The summed E-state index contributed by atoms with van der Waals surface area (Å²) in [6.07, 6.45) is 0. The Balaban J connectivity index is 1.18. The van der Waals surface area contributed by atoms with E-state index >= 15 is 0 Å². The van der Waals surface area contributed by atoms with Gasteiger partial charge in [-0.1, -0.05) is 146 Å². The number of para-hydroxylation sites is 3. The molecule has 1 aliphatic rings. The van der Waals surface area contributed by atoms with Gasteiger partial charge in [0.25, 0.3) is 0 Å². The van der Waals surface area contributed by atoms with Crippen molar-refractivity contribution >= 4 is 94.5 Å². The molecule has 0 spiro atoms. The van der Waals surface area contributed by atoms with Crippen molar-refractivity contribution in [2.75, 3.05) is 9.80 Å². The molecule has 1 aliphatic heterocycles. The van der Waals surface area contributed by atoms with Crippen molar-refractivity contribution in [3.8, 4) is 11.1 Å². The van der Waals surface area contributed by atoms with Gasteiger partial charge in [-0.2, -0.15) is 0 Å². The Kier molecular flexibility index (Phi) is 8.39. The minimum absolute atomic E-state index is 1.13. The van der Waals surface area contributed by atoms with Crippen LogP contribution in [0.1, 0.15) is 0 Å². The predicted molar refractivity (Wildman–Crippen MR) is 251 cm³/mol. The van der Waals surface area contributed by atoms with Crippen LogP contribution < -0.4 is 30.5 Å². The van der Waals surface area contributed by atoms with Crippen LogP contribution in [-0.4, -0.2) is 8.07 Å². The van der Waals surface area contributed by atoms with Crippen molar-refractivity contribution in [3.63, 3.8) is 0 Å². The summed E-state index contributed by atoms with van der Waals surface area (Å²) >= 11 is 1.86. The molecule has 10 aromatic rings. The Labute approximate surface area is 344 Å². The molecular weight excluding hydrogens is 737 g/mol. The maximum absolute atomic E-state index is 2.83. The highest BCUT2D eigenvalue weighted by Crippen LogP contribution is 2.43. The highest BCUT2D eigenvalue weighted by Gasteiger charge is 2.49. The molecule has 4 heteroatoms. The van der Waals surface area contributed by atoms with Gasteiger partial charge in [-0.25, -0.2) is 0 Å². The topological polar surface area (TPSA) is 6.48 Å². The fourth-order valence-electron chi connectivity index (χ4n) is 9.23. The number of benzene rings is 9. The van der Waals surface area contributed by atoms with Gasteiger partial charge < -0.3 is 9.80 Å². The SMILES string of the molecule is c1ccc(N(c2ccccc2)c2ccc3c(c2)-c2ccc(N(c4ccccc4)c4ccc5sc6ccccc6c5c4)cc2[Si]3(c2ccccc2)c2ccccc2)cc1. The molecule has 1 aromatic heterocycles. The molecular formula is C54H38N2SSi. The highest BCUT2D eigenvalue weighted by atomic mass is 32.1. The molecule has 0 atom stereocenters. The lowest BCUT2D eigenvalue weighted by atomic mass is 10.0. The number of hydrogen-bond donors (Lipinski definition) is 0. The van der Waals surface area contributed by atoms with Crippen molar-refractivity contribution in [3.05, 3.63) is 231 Å². The average molecular weight is 775 g/mol. The van der Waals surface area contributed by atoms with E-state index in [1.807, 2.05) is 11.3 Å². The van der Waals surface area contributed by atoms with Gasteiger partial charge in [-0.3, -0.25) is 0 Å². The van der Waals surface area contributed by atoms with E-state index in [9.17, 15) is 0 Å². The van der Waals surface area contributed by atoms with Gasteiger partial charge >= 0.3 is 0 Å².